The maximum absolute atomic E-state index is 12.3. The molecular formula is C22H42O6S. The Hall–Kier alpha value is -0.790. The molecule has 0 aliphatic heterocycles. The smallest absolute Gasteiger partial charge is 0.312 e. The van der Waals surface area contributed by atoms with Crippen molar-refractivity contribution in [2.45, 2.75) is 78.1 Å². The Morgan fingerprint density at radius 3 is 2.03 bits per heavy atom. The van der Waals surface area contributed by atoms with E-state index in [2.05, 4.69) is 0 Å². The molecular weight excluding hydrogens is 392 g/mol. The fourth-order valence-electron chi connectivity index (χ4n) is 3.26. The number of unbranched alkanes of at least 4 members (excludes halogenated alkanes) is 7. The summed E-state index contributed by atoms with van der Waals surface area (Å²) in [7, 11) is 1.38. The summed E-state index contributed by atoms with van der Waals surface area (Å²) >= 11 is 1.74. The molecule has 0 aromatic heterocycles. The summed E-state index contributed by atoms with van der Waals surface area (Å²) in [5, 5.41) is 17.5. The number of rotatable bonds is 19. The Balaban J connectivity index is 4.14. The molecule has 2 atom stereocenters. The average molecular weight is 435 g/mol. The summed E-state index contributed by atoms with van der Waals surface area (Å²) in [5.41, 5.74) is -0.721. The van der Waals surface area contributed by atoms with Gasteiger partial charge < -0.3 is 19.7 Å². The van der Waals surface area contributed by atoms with E-state index in [1.807, 2.05) is 6.92 Å². The number of esters is 2. The van der Waals surface area contributed by atoms with Crippen molar-refractivity contribution in [1.29, 1.82) is 0 Å². The maximum Gasteiger partial charge on any atom is 0.312 e. The van der Waals surface area contributed by atoms with Crippen LogP contribution in [-0.2, 0) is 19.1 Å². The molecule has 172 valence electrons. The van der Waals surface area contributed by atoms with Gasteiger partial charge in [-0.05, 0) is 31.9 Å². The highest BCUT2D eigenvalue weighted by Gasteiger charge is 2.37. The molecule has 0 spiro atoms. The Labute approximate surface area is 181 Å². The lowest BCUT2D eigenvalue weighted by Crippen LogP contribution is -2.35. The maximum atomic E-state index is 12.3. The monoisotopic (exact) mass is 434 g/mol. The Bertz CT molecular complexity index is 432. The quantitative estimate of drug-likeness (QED) is 0.235. The molecule has 2 N–H and O–H groups in total. The molecule has 7 heteroatoms. The number of hydrogen-bond donors (Lipinski definition) is 2. The minimum absolute atomic E-state index is 0.0120. The van der Waals surface area contributed by atoms with E-state index in [-0.39, 0.29) is 25.2 Å². The first kappa shape index (κ1) is 28.2. The molecule has 0 aromatic rings. The van der Waals surface area contributed by atoms with E-state index >= 15 is 0 Å². The van der Waals surface area contributed by atoms with Crippen LogP contribution >= 0.6 is 11.8 Å². The molecule has 2 unspecified atom stereocenters. The average Bonchev–Trinajstić information content (AvgIpc) is 2.71. The molecule has 0 saturated carbocycles. The van der Waals surface area contributed by atoms with E-state index in [1.165, 1.54) is 39.2 Å². The second-order valence-electron chi connectivity index (χ2n) is 8.01. The second kappa shape index (κ2) is 18.0. The van der Waals surface area contributed by atoms with Crippen LogP contribution in [0, 0.1) is 11.3 Å². The predicted molar refractivity (Wildman–Crippen MR) is 118 cm³/mol. The van der Waals surface area contributed by atoms with E-state index in [9.17, 15) is 9.59 Å². The Kier molecular flexibility index (Phi) is 17.5. The van der Waals surface area contributed by atoms with Crippen molar-refractivity contribution in [3.05, 3.63) is 0 Å². The van der Waals surface area contributed by atoms with Gasteiger partial charge in [-0.25, -0.2) is 0 Å². The van der Waals surface area contributed by atoms with Crippen molar-refractivity contribution < 1.29 is 29.3 Å². The third-order valence-electron chi connectivity index (χ3n) is 5.00. The largest absolute Gasteiger partial charge is 0.469 e. The van der Waals surface area contributed by atoms with Gasteiger partial charge in [-0.3, -0.25) is 9.59 Å². The first-order valence-electron chi connectivity index (χ1n) is 11.0. The number of carbonyl (C=O) groups excluding carboxylic acids is 2. The summed E-state index contributed by atoms with van der Waals surface area (Å²) in [4.78, 5) is 24.4. The van der Waals surface area contributed by atoms with E-state index < -0.39 is 11.3 Å². The molecule has 0 rings (SSSR count). The van der Waals surface area contributed by atoms with Crippen molar-refractivity contribution in [3.63, 3.8) is 0 Å². The van der Waals surface area contributed by atoms with Crippen LogP contribution in [0.5, 0.6) is 0 Å². The Morgan fingerprint density at radius 1 is 0.931 bits per heavy atom. The van der Waals surface area contributed by atoms with Gasteiger partial charge in [0.1, 0.15) is 0 Å². The van der Waals surface area contributed by atoms with Crippen LogP contribution in [0.4, 0.5) is 0 Å². The minimum atomic E-state index is -0.721. The first-order chi connectivity index (χ1) is 13.9. The lowest BCUT2D eigenvalue weighted by molar-refractivity contribution is -0.155. The molecule has 0 aromatic carbocycles. The number of aliphatic hydroxyl groups is 2. The number of methoxy groups -OCH3 is 1. The fraction of sp³-hybridized carbons (Fsp3) is 0.909. The molecule has 0 amide bonds. The minimum Gasteiger partial charge on any atom is -0.469 e. The van der Waals surface area contributed by atoms with Gasteiger partial charge in [0.15, 0.2) is 0 Å². The van der Waals surface area contributed by atoms with Gasteiger partial charge in [-0.15, -0.1) is 0 Å². The Morgan fingerprint density at radius 2 is 1.48 bits per heavy atom. The third kappa shape index (κ3) is 13.9. The molecule has 6 nitrogen and oxygen atoms in total. The van der Waals surface area contributed by atoms with E-state index in [0.29, 0.717) is 25.2 Å². The van der Waals surface area contributed by atoms with Gasteiger partial charge in [-0.1, -0.05) is 45.4 Å². The molecule has 29 heavy (non-hydrogen) atoms. The van der Waals surface area contributed by atoms with Gasteiger partial charge in [0.25, 0.3) is 0 Å². The van der Waals surface area contributed by atoms with Crippen molar-refractivity contribution >= 4 is 23.7 Å². The van der Waals surface area contributed by atoms with Gasteiger partial charge in [0.05, 0.1) is 25.0 Å². The van der Waals surface area contributed by atoms with Crippen molar-refractivity contribution in [2.24, 2.45) is 11.3 Å². The third-order valence-corrected chi connectivity index (χ3v) is 6.42. The summed E-state index contributed by atoms with van der Waals surface area (Å²) in [6.07, 6.45) is 10.1. The highest BCUT2D eigenvalue weighted by molar-refractivity contribution is 7.99. The van der Waals surface area contributed by atoms with Gasteiger partial charge in [-0.2, -0.15) is 11.8 Å². The van der Waals surface area contributed by atoms with Crippen LogP contribution in [-0.4, -0.2) is 60.6 Å². The van der Waals surface area contributed by atoms with Gasteiger partial charge in [0.2, 0.25) is 0 Å². The number of carbonyl (C=O) groups is 2. The standard InChI is InChI=1S/C22H42O6S/c1-19(20(25)28-15-12-14-24)17-22(2,21(26)27-3)18-29-16-11-9-7-5-4-6-8-10-13-23/h19,23-24H,4-18H2,1-3H3. The summed E-state index contributed by atoms with van der Waals surface area (Å²) in [6, 6.07) is 0. The topological polar surface area (TPSA) is 93.1 Å². The number of aliphatic hydroxyl groups excluding tert-OH is 2. The molecule has 0 fully saturated rings. The summed E-state index contributed by atoms with van der Waals surface area (Å²) in [5.74, 6) is 0.589. The zero-order valence-electron chi connectivity index (χ0n) is 18.6. The normalized spacial score (nSPS) is 14.2. The lowest BCUT2D eigenvalue weighted by Gasteiger charge is -2.28. The molecule has 0 aliphatic rings. The van der Waals surface area contributed by atoms with Gasteiger partial charge >= 0.3 is 11.9 Å². The fourth-order valence-corrected chi connectivity index (χ4v) is 4.50. The molecule has 0 aliphatic carbocycles. The second-order valence-corrected chi connectivity index (χ2v) is 9.11. The van der Waals surface area contributed by atoms with Crippen LogP contribution in [0.2, 0.25) is 0 Å². The molecule has 0 radical (unpaired) electrons. The summed E-state index contributed by atoms with van der Waals surface area (Å²) in [6.45, 7) is 4.11. The zero-order chi connectivity index (χ0) is 22.0. The van der Waals surface area contributed by atoms with E-state index in [4.69, 9.17) is 19.7 Å². The number of thioether (sulfide) groups is 1. The number of ether oxygens (including phenoxy) is 2. The van der Waals surface area contributed by atoms with Crippen LogP contribution < -0.4 is 0 Å². The van der Waals surface area contributed by atoms with Crippen molar-refractivity contribution in [1.82, 2.24) is 0 Å². The summed E-state index contributed by atoms with van der Waals surface area (Å²) < 4.78 is 10.1. The van der Waals surface area contributed by atoms with Crippen LogP contribution in [0.3, 0.4) is 0 Å². The zero-order valence-corrected chi connectivity index (χ0v) is 19.4. The lowest BCUT2D eigenvalue weighted by atomic mass is 9.83. The van der Waals surface area contributed by atoms with E-state index in [1.54, 1.807) is 18.7 Å². The van der Waals surface area contributed by atoms with Gasteiger partial charge in [0, 0.05) is 25.4 Å². The van der Waals surface area contributed by atoms with Crippen LogP contribution in [0.15, 0.2) is 0 Å². The number of hydrogen-bond acceptors (Lipinski definition) is 7. The molecule has 0 saturated heterocycles. The highest BCUT2D eigenvalue weighted by atomic mass is 32.2. The van der Waals surface area contributed by atoms with Crippen molar-refractivity contribution in [3.8, 4) is 0 Å². The van der Waals surface area contributed by atoms with Crippen molar-refractivity contribution in [2.75, 3.05) is 38.4 Å². The van der Waals surface area contributed by atoms with Crippen LogP contribution in [0.25, 0.3) is 0 Å². The molecule has 0 bridgehead atoms. The SMILES string of the molecule is COC(=O)C(C)(CSCCCCCCCCCCO)CC(C)C(=O)OCCCO. The highest BCUT2D eigenvalue weighted by Crippen LogP contribution is 2.32. The molecule has 0 heterocycles. The first-order valence-corrected chi connectivity index (χ1v) is 12.1. The van der Waals surface area contributed by atoms with Crippen LogP contribution in [0.1, 0.15) is 78.1 Å². The van der Waals surface area contributed by atoms with E-state index in [0.717, 1.165) is 25.0 Å². The predicted octanol–water partition coefficient (Wildman–Crippen LogP) is 3.96.